The van der Waals surface area contributed by atoms with E-state index in [-0.39, 0.29) is 21.6 Å². The van der Waals surface area contributed by atoms with Crippen LogP contribution in [0.2, 0.25) is 10.0 Å². The maximum atomic E-state index is 12.3. The molecule has 0 unspecified atom stereocenters. The van der Waals surface area contributed by atoms with Crippen LogP contribution < -0.4 is 10.6 Å². The Kier molecular flexibility index (Phi) is 3.98. The van der Waals surface area contributed by atoms with Crippen LogP contribution >= 0.6 is 23.2 Å². The SMILES string of the molecule is CN(C(=O)c1cc(Cl)c(N)c(Cl)c1)c1ccccc1. The molecule has 0 spiro atoms. The Morgan fingerprint density at radius 3 is 2.16 bits per heavy atom. The summed E-state index contributed by atoms with van der Waals surface area (Å²) in [6, 6.07) is 12.3. The summed E-state index contributed by atoms with van der Waals surface area (Å²) in [5.74, 6) is -0.199. The average Bonchev–Trinajstić information content (AvgIpc) is 2.43. The molecule has 1 amide bonds. The fraction of sp³-hybridized carbons (Fsp3) is 0.0714. The lowest BCUT2D eigenvalue weighted by atomic mass is 10.1. The fourth-order valence-electron chi connectivity index (χ4n) is 1.67. The quantitative estimate of drug-likeness (QED) is 0.855. The van der Waals surface area contributed by atoms with Gasteiger partial charge in [-0.3, -0.25) is 4.79 Å². The molecule has 0 aliphatic heterocycles. The first-order valence-corrected chi connectivity index (χ1v) is 6.34. The minimum absolute atomic E-state index is 0.199. The van der Waals surface area contributed by atoms with Crippen molar-refractivity contribution in [1.82, 2.24) is 0 Å². The van der Waals surface area contributed by atoms with Gasteiger partial charge in [-0.15, -0.1) is 0 Å². The number of nitrogen functional groups attached to an aromatic ring is 1. The molecule has 0 aliphatic carbocycles. The van der Waals surface area contributed by atoms with Crippen molar-refractivity contribution in [1.29, 1.82) is 0 Å². The highest BCUT2D eigenvalue weighted by atomic mass is 35.5. The zero-order valence-corrected chi connectivity index (χ0v) is 11.7. The first-order chi connectivity index (χ1) is 9.00. The summed E-state index contributed by atoms with van der Waals surface area (Å²) >= 11 is 11.9. The van der Waals surface area contributed by atoms with E-state index in [9.17, 15) is 4.79 Å². The molecule has 2 aromatic carbocycles. The second-order valence-corrected chi connectivity index (χ2v) is 4.87. The number of halogens is 2. The number of rotatable bonds is 2. The maximum Gasteiger partial charge on any atom is 0.258 e. The summed E-state index contributed by atoms with van der Waals surface area (Å²) in [6.07, 6.45) is 0. The molecule has 0 heterocycles. The van der Waals surface area contributed by atoms with E-state index in [1.807, 2.05) is 30.3 Å². The van der Waals surface area contributed by atoms with Gasteiger partial charge in [0.25, 0.3) is 5.91 Å². The van der Waals surface area contributed by atoms with Crippen molar-refractivity contribution in [3.05, 3.63) is 58.1 Å². The first-order valence-electron chi connectivity index (χ1n) is 5.58. The van der Waals surface area contributed by atoms with Gasteiger partial charge in [-0.2, -0.15) is 0 Å². The van der Waals surface area contributed by atoms with Gasteiger partial charge in [-0.05, 0) is 24.3 Å². The lowest BCUT2D eigenvalue weighted by Crippen LogP contribution is -2.26. The van der Waals surface area contributed by atoms with Gasteiger partial charge >= 0.3 is 0 Å². The van der Waals surface area contributed by atoms with Crippen LogP contribution in [0.1, 0.15) is 10.4 Å². The molecular weight excluding hydrogens is 283 g/mol. The monoisotopic (exact) mass is 294 g/mol. The average molecular weight is 295 g/mol. The van der Waals surface area contributed by atoms with Crippen LogP contribution in [0.15, 0.2) is 42.5 Å². The zero-order valence-electron chi connectivity index (χ0n) is 10.2. The second-order valence-electron chi connectivity index (χ2n) is 4.05. The third-order valence-electron chi connectivity index (χ3n) is 2.77. The molecule has 0 radical (unpaired) electrons. The third kappa shape index (κ3) is 2.83. The van der Waals surface area contributed by atoms with E-state index in [2.05, 4.69) is 0 Å². The topological polar surface area (TPSA) is 46.3 Å². The lowest BCUT2D eigenvalue weighted by molar-refractivity contribution is 0.0993. The summed E-state index contributed by atoms with van der Waals surface area (Å²) in [5.41, 5.74) is 7.12. The molecule has 0 aliphatic rings. The van der Waals surface area contributed by atoms with Crippen LogP contribution in [-0.4, -0.2) is 13.0 Å². The molecular formula is C14H12Cl2N2O. The Morgan fingerprint density at radius 1 is 1.11 bits per heavy atom. The number of anilines is 2. The molecule has 0 saturated heterocycles. The van der Waals surface area contributed by atoms with E-state index in [1.165, 1.54) is 17.0 Å². The molecule has 2 aromatic rings. The molecule has 2 N–H and O–H groups in total. The smallest absolute Gasteiger partial charge is 0.258 e. The van der Waals surface area contributed by atoms with Crippen LogP contribution in [0.25, 0.3) is 0 Å². The van der Waals surface area contributed by atoms with Crippen LogP contribution in [0.5, 0.6) is 0 Å². The van der Waals surface area contributed by atoms with E-state index in [0.29, 0.717) is 5.56 Å². The van der Waals surface area contributed by atoms with Gasteiger partial charge in [0.15, 0.2) is 0 Å². The molecule has 0 atom stereocenters. The van der Waals surface area contributed by atoms with Crippen LogP contribution in [0.4, 0.5) is 11.4 Å². The van der Waals surface area contributed by atoms with Crippen LogP contribution in [0, 0.1) is 0 Å². The number of amides is 1. The lowest BCUT2D eigenvalue weighted by Gasteiger charge is -2.18. The molecule has 0 bridgehead atoms. The predicted molar refractivity (Wildman–Crippen MR) is 80.0 cm³/mol. The Labute approximate surface area is 121 Å². The van der Waals surface area contributed by atoms with Crippen molar-refractivity contribution in [2.45, 2.75) is 0 Å². The third-order valence-corrected chi connectivity index (χ3v) is 3.40. The Balaban J connectivity index is 2.35. The van der Waals surface area contributed by atoms with Gasteiger partial charge in [-0.1, -0.05) is 41.4 Å². The van der Waals surface area contributed by atoms with Crippen molar-refractivity contribution in [2.24, 2.45) is 0 Å². The summed E-state index contributed by atoms with van der Waals surface area (Å²) < 4.78 is 0. The van der Waals surface area contributed by atoms with Crippen molar-refractivity contribution >= 4 is 40.5 Å². The summed E-state index contributed by atoms with van der Waals surface area (Å²) in [5, 5.41) is 0.551. The van der Waals surface area contributed by atoms with Crippen molar-refractivity contribution in [3.8, 4) is 0 Å². The number of hydrogen-bond donors (Lipinski definition) is 1. The van der Waals surface area contributed by atoms with E-state index in [0.717, 1.165) is 5.69 Å². The number of nitrogens with two attached hydrogens (primary N) is 1. The summed E-state index contributed by atoms with van der Waals surface area (Å²) in [7, 11) is 1.69. The van der Waals surface area contributed by atoms with Crippen LogP contribution in [0.3, 0.4) is 0 Å². The van der Waals surface area contributed by atoms with Gasteiger partial charge in [0.2, 0.25) is 0 Å². The highest BCUT2D eigenvalue weighted by Gasteiger charge is 2.16. The number of benzene rings is 2. The largest absolute Gasteiger partial charge is 0.396 e. The molecule has 5 heteroatoms. The van der Waals surface area contributed by atoms with Gasteiger partial charge in [-0.25, -0.2) is 0 Å². The highest BCUT2D eigenvalue weighted by Crippen LogP contribution is 2.29. The molecule has 0 aromatic heterocycles. The number of nitrogens with zero attached hydrogens (tertiary/aromatic N) is 1. The number of para-hydroxylation sites is 1. The van der Waals surface area contributed by atoms with Crippen molar-refractivity contribution < 1.29 is 4.79 Å². The van der Waals surface area contributed by atoms with Gasteiger partial charge < -0.3 is 10.6 Å². The minimum Gasteiger partial charge on any atom is -0.396 e. The molecule has 3 nitrogen and oxygen atoms in total. The second kappa shape index (κ2) is 5.51. The highest BCUT2D eigenvalue weighted by molar-refractivity contribution is 6.39. The number of carbonyl (C=O) groups excluding carboxylic acids is 1. The summed E-state index contributed by atoms with van der Waals surface area (Å²) in [4.78, 5) is 13.9. The molecule has 0 saturated carbocycles. The van der Waals surface area contributed by atoms with Gasteiger partial charge in [0.05, 0.1) is 15.7 Å². The molecule has 2 rings (SSSR count). The van der Waals surface area contributed by atoms with Crippen LogP contribution in [-0.2, 0) is 0 Å². The summed E-state index contributed by atoms with van der Waals surface area (Å²) in [6.45, 7) is 0. The van der Waals surface area contributed by atoms with Gasteiger partial charge in [0, 0.05) is 18.3 Å². The van der Waals surface area contributed by atoms with E-state index >= 15 is 0 Å². The first kappa shape index (κ1) is 13.7. The Hall–Kier alpha value is -1.71. The van der Waals surface area contributed by atoms with Crippen molar-refractivity contribution in [2.75, 3.05) is 17.7 Å². The molecule has 0 fully saturated rings. The van der Waals surface area contributed by atoms with E-state index < -0.39 is 0 Å². The maximum absolute atomic E-state index is 12.3. The standard InChI is InChI=1S/C14H12Cl2N2O/c1-18(10-5-3-2-4-6-10)14(19)9-7-11(15)13(17)12(16)8-9/h2-8H,17H2,1H3. The van der Waals surface area contributed by atoms with E-state index in [4.69, 9.17) is 28.9 Å². The number of hydrogen-bond acceptors (Lipinski definition) is 2. The normalized spacial score (nSPS) is 10.3. The van der Waals surface area contributed by atoms with Gasteiger partial charge in [0.1, 0.15) is 0 Å². The van der Waals surface area contributed by atoms with Crippen molar-refractivity contribution in [3.63, 3.8) is 0 Å². The zero-order chi connectivity index (χ0) is 14.0. The minimum atomic E-state index is -0.199. The Bertz CT molecular complexity index is 591. The molecule has 98 valence electrons. The van der Waals surface area contributed by atoms with E-state index in [1.54, 1.807) is 7.05 Å². The molecule has 19 heavy (non-hydrogen) atoms. The predicted octanol–water partition coefficient (Wildman–Crippen LogP) is 3.85. The Morgan fingerprint density at radius 2 is 1.63 bits per heavy atom. The number of carbonyl (C=O) groups is 1. The fourth-order valence-corrected chi connectivity index (χ4v) is 2.16.